The molecule has 1 heterocycles. The summed E-state index contributed by atoms with van der Waals surface area (Å²) < 4.78 is 0. The predicted octanol–water partition coefficient (Wildman–Crippen LogP) is 1.71. The Labute approximate surface area is 118 Å². The van der Waals surface area contributed by atoms with Gasteiger partial charge in [-0.15, -0.1) is 0 Å². The summed E-state index contributed by atoms with van der Waals surface area (Å²) in [5, 5.41) is 3.46. The van der Waals surface area contributed by atoms with Crippen LogP contribution >= 0.6 is 0 Å². The maximum absolute atomic E-state index is 12.5. The van der Waals surface area contributed by atoms with Crippen molar-refractivity contribution < 1.29 is 4.79 Å². The van der Waals surface area contributed by atoms with Crippen LogP contribution in [-0.4, -0.2) is 60.5 Å². The quantitative estimate of drug-likeness (QED) is 0.764. The zero-order valence-electron chi connectivity index (χ0n) is 13.1. The average molecular weight is 269 g/mol. The van der Waals surface area contributed by atoms with Gasteiger partial charge in [-0.05, 0) is 53.1 Å². The first-order chi connectivity index (χ1) is 9.15. The third-order valence-electron chi connectivity index (χ3n) is 4.15. The topological polar surface area (TPSA) is 35.6 Å². The maximum Gasteiger partial charge on any atom is 0.239 e. The number of hydrogen-bond donors (Lipinski definition) is 1. The fourth-order valence-electron chi connectivity index (χ4n) is 3.01. The van der Waals surface area contributed by atoms with Gasteiger partial charge >= 0.3 is 0 Å². The molecule has 0 bridgehead atoms. The van der Waals surface area contributed by atoms with Crippen LogP contribution in [0.3, 0.4) is 0 Å². The van der Waals surface area contributed by atoms with Crippen LogP contribution in [-0.2, 0) is 4.79 Å². The van der Waals surface area contributed by atoms with Crippen LogP contribution in [0, 0.1) is 0 Å². The van der Waals surface area contributed by atoms with Crippen LogP contribution in [0.4, 0.5) is 0 Å². The molecular weight excluding hydrogens is 238 g/mol. The largest absolute Gasteiger partial charge is 0.342 e. The molecule has 4 heteroatoms. The first kappa shape index (κ1) is 16.4. The van der Waals surface area contributed by atoms with E-state index in [1.807, 2.05) is 4.90 Å². The number of hydrogen-bond acceptors (Lipinski definition) is 3. The van der Waals surface area contributed by atoms with Gasteiger partial charge in [-0.2, -0.15) is 0 Å². The molecule has 0 aromatic rings. The highest BCUT2D eigenvalue weighted by Crippen LogP contribution is 2.16. The van der Waals surface area contributed by atoms with Gasteiger partial charge in [0.1, 0.15) is 0 Å². The van der Waals surface area contributed by atoms with E-state index >= 15 is 0 Å². The molecule has 1 rings (SSSR count). The fourth-order valence-corrected chi connectivity index (χ4v) is 3.01. The molecule has 2 atom stereocenters. The van der Waals surface area contributed by atoms with E-state index in [4.69, 9.17) is 0 Å². The Hall–Kier alpha value is -0.610. The van der Waals surface area contributed by atoms with Gasteiger partial charge in [0.15, 0.2) is 0 Å². The molecule has 19 heavy (non-hydrogen) atoms. The molecule has 0 aromatic carbocycles. The first-order valence-corrected chi connectivity index (χ1v) is 7.90. The molecule has 1 N–H and O–H groups in total. The molecule has 2 unspecified atom stereocenters. The van der Waals surface area contributed by atoms with Crippen LogP contribution in [0.1, 0.15) is 47.0 Å². The molecule has 1 amide bonds. The second-order valence-corrected chi connectivity index (χ2v) is 5.42. The lowest BCUT2D eigenvalue weighted by Gasteiger charge is -2.39. The molecule has 0 aliphatic carbocycles. The molecule has 1 fully saturated rings. The molecule has 4 nitrogen and oxygen atoms in total. The van der Waals surface area contributed by atoms with Crippen molar-refractivity contribution in [2.75, 3.05) is 32.7 Å². The summed E-state index contributed by atoms with van der Waals surface area (Å²) in [5.41, 5.74) is 0. The van der Waals surface area contributed by atoms with Gasteiger partial charge in [-0.3, -0.25) is 9.69 Å². The number of amides is 1. The second-order valence-electron chi connectivity index (χ2n) is 5.42. The highest BCUT2D eigenvalue weighted by molar-refractivity contribution is 5.81. The molecule has 0 saturated carbocycles. The lowest BCUT2D eigenvalue weighted by molar-refractivity contribution is -0.137. The van der Waals surface area contributed by atoms with E-state index in [1.165, 1.54) is 12.8 Å². The zero-order chi connectivity index (χ0) is 14.3. The summed E-state index contributed by atoms with van der Waals surface area (Å²) in [5.74, 6) is 0.282. The molecule has 0 spiro atoms. The van der Waals surface area contributed by atoms with E-state index in [1.54, 1.807) is 0 Å². The number of piperidine rings is 1. The summed E-state index contributed by atoms with van der Waals surface area (Å²) in [4.78, 5) is 16.9. The third kappa shape index (κ3) is 4.46. The van der Waals surface area contributed by atoms with Crippen molar-refractivity contribution in [3.63, 3.8) is 0 Å². The summed E-state index contributed by atoms with van der Waals surface area (Å²) in [6.45, 7) is 13.2. The SMILES string of the molecule is CCCN(C1CCCNC1)C(C)C(=O)N(CC)CC. The van der Waals surface area contributed by atoms with Gasteiger partial charge in [-0.1, -0.05) is 6.92 Å². The Balaban J connectivity index is 2.70. The van der Waals surface area contributed by atoms with Gasteiger partial charge < -0.3 is 10.2 Å². The van der Waals surface area contributed by atoms with Gasteiger partial charge in [-0.25, -0.2) is 0 Å². The van der Waals surface area contributed by atoms with Gasteiger partial charge in [0.2, 0.25) is 5.91 Å². The van der Waals surface area contributed by atoms with E-state index in [0.717, 1.165) is 39.1 Å². The lowest BCUT2D eigenvalue weighted by Crippen LogP contribution is -2.55. The van der Waals surface area contributed by atoms with Gasteiger partial charge in [0.25, 0.3) is 0 Å². The number of carbonyl (C=O) groups is 1. The Morgan fingerprint density at radius 2 is 2.00 bits per heavy atom. The van der Waals surface area contributed by atoms with E-state index in [2.05, 4.69) is 37.9 Å². The van der Waals surface area contributed by atoms with Crippen LogP contribution in [0.5, 0.6) is 0 Å². The molecular formula is C15H31N3O. The number of rotatable bonds is 7. The predicted molar refractivity (Wildman–Crippen MR) is 80.3 cm³/mol. The molecule has 1 saturated heterocycles. The fraction of sp³-hybridized carbons (Fsp3) is 0.933. The van der Waals surface area contributed by atoms with Crippen molar-refractivity contribution in [1.82, 2.24) is 15.1 Å². The number of nitrogens with zero attached hydrogens (tertiary/aromatic N) is 2. The minimum Gasteiger partial charge on any atom is -0.342 e. The van der Waals surface area contributed by atoms with E-state index in [9.17, 15) is 4.79 Å². The van der Waals surface area contributed by atoms with Crippen molar-refractivity contribution in [3.05, 3.63) is 0 Å². The third-order valence-corrected chi connectivity index (χ3v) is 4.15. The maximum atomic E-state index is 12.5. The van der Waals surface area contributed by atoms with Gasteiger partial charge in [0, 0.05) is 25.7 Å². The first-order valence-electron chi connectivity index (χ1n) is 7.90. The van der Waals surface area contributed by atoms with Crippen molar-refractivity contribution in [1.29, 1.82) is 0 Å². The highest BCUT2D eigenvalue weighted by Gasteiger charge is 2.30. The van der Waals surface area contributed by atoms with Crippen molar-refractivity contribution in [2.24, 2.45) is 0 Å². The van der Waals surface area contributed by atoms with Crippen LogP contribution in [0.2, 0.25) is 0 Å². The van der Waals surface area contributed by atoms with E-state index in [-0.39, 0.29) is 11.9 Å². The standard InChI is InChI=1S/C15H31N3O/c1-5-11-18(14-9-8-10-16-12-14)13(4)15(19)17(6-2)7-3/h13-14,16H,5-12H2,1-4H3. The smallest absolute Gasteiger partial charge is 0.239 e. The summed E-state index contributed by atoms with van der Waals surface area (Å²) in [7, 11) is 0. The average Bonchev–Trinajstić information content (AvgIpc) is 2.46. The molecule has 1 aliphatic rings. The Morgan fingerprint density at radius 3 is 2.47 bits per heavy atom. The summed E-state index contributed by atoms with van der Waals surface area (Å²) in [6.07, 6.45) is 3.53. The number of nitrogens with one attached hydrogen (secondary N) is 1. The second kappa shape index (κ2) is 8.54. The Bertz CT molecular complexity index is 260. The zero-order valence-corrected chi connectivity index (χ0v) is 13.1. The molecule has 112 valence electrons. The molecule has 0 aromatic heterocycles. The van der Waals surface area contributed by atoms with E-state index < -0.39 is 0 Å². The van der Waals surface area contributed by atoms with Crippen LogP contribution in [0.15, 0.2) is 0 Å². The number of likely N-dealkylation sites (N-methyl/N-ethyl adjacent to an activating group) is 1. The van der Waals surface area contributed by atoms with Crippen molar-refractivity contribution in [3.8, 4) is 0 Å². The normalized spacial score (nSPS) is 21.4. The van der Waals surface area contributed by atoms with Crippen molar-refractivity contribution >= 4 is 5.91 Å². The highest BCUT2D eigenvalue weighted by atomic mass is 16.2. The monoisotopic (exact) mass is 269 g/mol. The molecule has 1 aliphatic heterocycles. The van der Waals surface area contributed by atoms with E-state index in [0.29, 0.717) is 6.04 Å². The Kier molecular flexibility index (Phi) is 7.39. The van der Waals surface area contributed by atoms with Gasteiger partial charge in [0.05, 0.1) is 6.04 Å². The molecule has 0 radical (unpaired) electrons. The number of carbonyl (C=O) groups excluding carboxylic acids is 1. The lowest BCUT2D eigenvalue weighted by atomic mass is 10.0. The minimum atomic E-state index is 0.00440. The summed E-state index contributed by atoms with van der Waals surface area (Å²) in [6, 6.07) is 0.521. The van der Waals surface area contributed by atoms with Crippen LogP contribution in [0.25, 0.3) is 0 Å². The van der Waals surface area contributed by atoms with Crippen molar-refractivity contribution in [2.45, 2.75) is 59.0 Å². The Morgan fingerprint density at radius 1 is 1.32 bits per heavy atom. The van der Waals surface area contributed by atoms with Crippen LogP contribution < -0.4 is 5.32 Å². The minimum absolute atomic E-state index is 0.00440. The summed E-state index contributed by atoms with van der Waals surface area (Å²) >= 11 is 0.